The van der Waals surface area contributed by atoms with E-state index in [1.54, 1.807) is 24.3 Å². The van der Waals surface area contributed by atoms with Crippen LogP contribution in [0.5, 0.6) is 5.75 Å². The highest BCUT2D eigenvalue weighted by Gasteiger charge is 2.40. The highest BCUT2D eigenvalue weighted by Crippen LogP contribution is 2.34. The van der Waals surface area contributed by atoms with Crippen molar-refractivity contribution >= 4 is 28.8 Å². The van der Waals surface area contributed by atoms with Gasteiger partial charge in [0.05, 0.1) is 17.9 Å². The molecule has 4 rings (SSSR count). The number of nitrogens with zero attached hydrogens (tertiary/aromatic N) is 1. The third-order valence-corrected chi connectivity index (χ3v) is 4.85. The second-order valence-electron chi connectivity index (χ2n) is 6.98. The molecular weight excluding hydrogens is 376 g/mol. The summed E-state index contributed by atoms with van der Waals surface area (Å²) < 4.78 is 5.54. The maximum atomic E-state index is 13.4. The standard InChI is InChI=1S/C25H22N2O3/c1-3-30-21-11-7-10-20(16-21)27-24(28)22(18-8-5-4-6-9-18)23(25(27)29)26-19-14-12-17(2)13-15-19/h4-16,26H,3H2,1-2H3. The normalized spacial score (nSPS) is 13.7. The molecule has 3 aromatic rings. The van der Waals surface area contributed by atoms with E-state index >= 15 is 0 Å². The predicted molar refractivity (Wildman–Crippen MR) is 118 cm³/mol. The molecule has 1 heterocycles. The summed E-state index contributed by atoms with van der Waals surface area (Å²) in [6.45, 7) is 4.38. The van der Waals surface area contributed by atoms with Gasteiger partial charge in [-0.05, 0) is 43.7 Å². The van der Waals surface area contributed by atoms with E-state index in [4.69, 9.17) is 4.74 Å². The molecule has 1 N–H and O–H groups in total. The molecule has 0 saturated carbocycles. The Kier molecular flexibility index (Phi) is 5.35. The van der Waals surface area contributed by atoms with Crippen molar-refractivity contribution in [2.24, 2.45) is 0 Å². The van der Waals surface area contributed by atoms with Crippen LogP contribution in [0.15, 0.2) is 84.6 Å². The van der Waals surface area contributed by atoms with Gasteiger partial charge in [0.15, 0.2) is 0 Å². The third kappa shape index (κ3) is 3.70. The van der Waals surface area contributed by atoms with Crippen LogP contribution < -0.4 is 15.0 Å². The minimum atomic E-state index is -0.395. The Morgan fingerprint density at radius 3 is 2.30 bits per heavy atom. The lowest BCUT2D eigenvalue weighted by molar-refractivity contribution is -0.120. The van der Waals surface area contributed by atoms with Crippen molar-refractivity contribution in [1.29, 1.82) is 0 Å². The third-order valence-electron chi connectivity index (χ3n) is 4.85. The zero-order chi connectivity index (χ0) is 21.1. The first-order chi connectivity index (χ1) is 14.6. The van der Waals surface area contributed by atoms with E-state index in [1.807, 2.05) is 68.4 Å². The van der Waals surface area contributed by atoms with Crippen molar-refractivity contribution < 1.29 is 14.3 Å². The number of carbonyl (C=O) groups excluding carboxylic acids is 2. The Morgan fingerprint density at radius 2 is 1.60 bits per heavy atom. The first-order valence-electron chi connectivity index (χ1n) is 9.83. The number of imide groups is 1. The molecule has 1 aliphatic rings. The van der Waals surface area contributed by atoms with Gasteiger partial charge in [-0.25, -0.2) is 4.90 Å². The van der Waals surface area contributed by atoms with Gasteiger partial charge in [-0.2, -0.15) is 0 Å². The molecule has 0 radical (unpaired) electrons. The summed E-state index contributed by atoms with van der Waals surface area (Å²) >= 11 is 0. The maximum absolute atomic E-state index is 13.4. The largest absolute Gasteiger partial charge is 0.494 e. The average molecular weight is 398 g/mol. The van der Waals surface area contributed by atoms with Crippen molar-refractivity contribution in [3.63, 3.8) is 0 Å². The van der Waals surface area contributed by atoms with E-state index in [-0.39, 0.29) is 11.6 Å². The lowest BCUT2D eigenvalue weighted by Gasteiger charge is -2.16. The van der Waals surface area contributed by atoms with Crippen LogP contribution in [-0.2, 0) is 9.59 Å². The highest BCUT2D eigenvalue weighted by molar-refractivity contribution is 6.46. The van der Waals surface area contributed by atoms with Crippen LogP contribution in [-0.4, -0.2) is 18.4 Å². The van der Waals surface area contributed by atoms with Gasteiger partial charge in [0.2, 0.25) is 0 Å². The first-order valence-corrected chi connectivity index (χ1v) is 9.83. The Balaban J connectivity index is 1.78. The van der Waals surface area contributed by atoms with Crippen LogP contribution in [0.3, 0.4) is 0 Å². The number of nitrogens with one attached hydrogen (secondary N) is 1. The van der Waals surface area contributed by atoms with Gasteiger partial charge in [0.1, 0.15) is 11.4 Å². The molecule has 0 unspecified atom stereocenters. The number of anilines is 2. The summed E-state index contributed by atoms with van der Waals surface area (Å²) in [7, 11) is 0. The van der Waals surface area contributed by atoms with Gasteiger partial charge in [0.25, 0.3) is 11.8 Å². The van der Waals surface area contributed by atoms with Crippen LogP contribution in [0, 0.1) is 6.92 Å². The fourth-order valence-electron chi connectivity index (χ4n) is 3.41. The lowest BCUT2D eigenvalue weighted by atomic mass is 10.0. The summed E-state index contributed by atoms with van der Waals surface area (Å²) in [4.78, 5) is 28.0. The van der Waals surface area contributed by atoms with E-state index in [0.717, 1.165) is 11.3 Å². The Labute approximate surface area is 175 Å². The van der Waals surface area contributed by atoms with Crippen molar-refractivity contribution in [3.05, 3.63) is 95.7 Å². The maximum Gasteiger partial charge on any atom is 0.282 e. The minimum absolute atomic E-state index is 0.261. The summed E-state index contributed by atoms with van der Waals surface area (Å²) in [6.07, 6.45) is 0. The highest BCUT2D eigenvalue weighted by atomic mass is 16.5. The second-order valence-corrected chi connectivity index (χ2v) is 6.98. The number of hydrogen-bond donors (Lipinski definition) is 1. The number of rotatable bonds is 6. The average Bonchev–Trinajstić information content (AvgIpc) is 3.00. The van der Waals surface area contributed by atoms with Crippen LogP contribution in [0.1, 0.15) is 18.1 Å². The molecular formula is C25H22N2O3. The van der Waals surface area contributed by atoms with Gasteiger partial charge >= 0.3 is 0 Å². The number of ether oxygens (including phenoxy) is 1. The Morgan fingerprint density at radius 1 is 0.867 bits per heavy atom. The van der Waals surface area contributed by atoms with Crippen molar-refractivity contribution in [2.45, 2.75) is 13.8 Å². The predicted octanol–water partition coefficient (Wildman–Crippen LogP) is 4.79. The van der Waals surface area contributed by atoms with Crippen LogP contribution in [0.25, 0.3) is 5.57 Å². The monoisotopic (exact) mass is 398 g/mol. The molecule has 150 valence electrons. The van der Waals surface area contributed by atoms with E-state index in [1.165, 1.54) is 4.90 Å². The number of aryl methyl sites for hydroxylation is 1. The molecule has 0 aromatic heterocycles. The Bertz CT molecular complexity index is 1120. The molecule has 0 fully saturated rings. The zero-order valence-electron chi connectivity index (χ0n) is 16.9. The zero-order valence-corrected chi connectivity index (χ0v) is 16.9. The van der Waals surface area contributed by atoms with Crippen molar-refractivity contribution in [2.75, 3.05) is 16.8 Å². The SMILES string of the molecule is CCOc1cccc(N2C(=O)C(Nc3ccc(C)cc3)=C(c3ccccc3)C2=O)c1. The van der Waals surface area contributed by atoms with E-state index < -0.39 is 5.91 Å². The molecule has 30 heavy (non-hydrogen) atoms. The molecule has 1 aliphatic heterocycles. The van der Waals surface area contributed by atoms with Gasteiger partial charge in [0, 0.05) is 11.8 Å². The molecule has 0 aliphatic carbocycles. The lowest BCUT2D eigenvalue weighted by Crippen LogP contribution is -2.32. The van der Waals surface area contributed by atoms with Crippen molar-refractivity contribution in [3.8, 4) is 5.75 Å². The van der Waals surface area contributed by atoms with E-state index in [2.05, 4.69) is 5.32 Å². The first kappa shape index (κ1) is 19.5. The van der Waals surface area contributed by atoms with Gasteiger partial charge < -0.3 is 10.1 Å². The topological polar surface area (TPSA) is 58.6 Å². The smallest absolute Gasteiger partial charge is 0.282 e. The molecule has 0 spiro atoms. The van der Waals surface area contributed by atoms with Crippen LogP contribution in [0.2, 0.25) is 0 Å². The molecule has 0 bridgehead atoms. The number of hydrogen-bond acceptors (Lipinski definition) is 4. The molecule has 0 saturated heterocycles. The fourth-order valence-corrected chi connectivity index (χ4v) is 3.41. The number of carbonyl (C=O) groups is 2. The quantitative estimate of drug-likeness (QED) is 0.607. The molecule has 5 heteroatoms. The second kappa shape index (κ2) is 8.25. The van der Waals surface area contributed by atoms with Crippen molar-refractivity contribution in [1.82, 2.24) is 0 Å². The Hall–Kier alpha value is -3.86. The van der Waals surface area contributed by atoms with E-state index in [9.17, 15) is 9.59 Å². The number of amides is 2. The summed E-state index contributed by atoms with van der Waals surface area (Å²) in [5.74, 6) is -0.153. The summed E-state index contributed by atoms with van der Waals surface area (Å²) in [6, 6.07) is 23.9. The number of benzene rings is 3. The molecule has 2 amide bonds. The van der Waals surface area contributed by atoms with Crippen LogP contribution >= 0.6 is 0 Å². The van der Waals surface area contributed by atoms with E-state index in [0.29, 0.717) is 29.2 Å². The summed E-state index contributed by atoms with van der Waals surface area (Å²) in [5, 5.41) is 3.17. The molecule has 0 atom stereocenters. The minimum Gasteiger partial charge on any atom is -0.494 e. The van der Waals surface area contributed by atoms with Gasteiger partial charge in [-0.1, -0.05) is 54.1 Å². The van der Waals surface area contributed by atoms with Crippen LogP contribution in [0.4, 0.5) is 11.4 Å². The van der Waals surface area contributed by atoms with Gasteiger partial charge in [-0.3, -0.25) is 9.59 Å². The van der Waals surface area contributed by atoms with Gasteiger partial charge in [-0.15, -0.1) is 0 Å². The fraction of sp³-hybridized carbons (Fsp3) is 0.120. The molecule has 5 nitrogen and oxygen atoms in total. The summed E-state index contributed by atoms with van der Waals surface area (Å²) in [5.41, 5.74) is 3.63. The molecule has 3 aromatic carbocycles.